The van der Waals surface area contributed by atoms with Crippen LogP contribution in [0.4, 0.5) is 0 Å². The van der Waals surface area contributed by atoms with Crippen molar-refractivity contribution in [3.05, 3.63) is 35.8 Å². The Morgan fingerprint density at radius 1 is 1.14 bits per heavy atom. The lowest BCUT2D eigenvalue weighted by Crippen LogP contribution is -1.84. The largest absolute Gasteiger partial charge is 0.497 e. The number of ether oxygens (including phenoxy) is 1. The Kier molecular flexibility index (Phi) is 4.55. The van der Waals surface area contributed by atoms with Gasteiger partial charge in [-0.25, -0.2) is 0 Å². The monoisotopic (exact) mass is 230 g/mol. The molecule has 0 fully saturated rings. The number of thiol groups is 2. The van der Waals surface area contributed by atoms with Crippen LogP contribution in [0.25, 0.3) is 6.08 Å². The maximum absolute atomic E-state index is 5.01. The first-order chi connectivity index (χ1) is 6.80. The van der Waals surface area contributed by atoms with Gasteiger partial charge in [0.1, 0.15) is 5.75 Å². The molecule has 0 heterocycles. The van der Waals surface area contributed by atoms with Gasteiger partial charge in [0, 0.05) is 31.9 Å². The highest BCUT2D eigenvalue weighted by Gasteiger charge is 1.97. The fourth-order valence-corrected chi connectivity index (χ4v) is 1.14. The molecule has 0 saturated heterocycles. The first kappa shape index (κ1) is 11.1. The maximum Gasteiger partial charge on any atom is 0.304 e. The van der Waals surface area contributed by atoms with E-state index in [1.165, 1.54) is 0 Å². The van der Waals surface area contributed by atoms with E-state index in [1.54, 1.807) is 13.2 Å². The third kappa shape index (κ3) is 3.08. The summed E-state index contributed by atoms with van der Waals surface area (Å²) in [6.07, 6.45) is 1.65. The van der Waals surface area contributed by atoms with Gasteiger partial charge in [0.2, 0.25) is 0 Å². The van der Waals surface area contributed by atoms with E-state index in [2.05, 4.69) is 34.2 Å². The Morgan fingerprint density at radius 3 is 2.14 bits per heavy atom. The van der Waals surface area contributed by atoms with E-state index < -0.39 is 0 Å². The molecule has 0 aliphatic carbocycles. The lowest BCUT2D eigenvalue weighted by molar-refractivity contribution is 0.299. The predicted molar refractivity (Wildman–Crippen MR) is 61.1 cm³/mol. The van der Waals surface area contributed by atoms with Crippen molar-refractivity contribution >= 4 is 31.9 Å². The van der Waals surface area contributed by atoms with Crippen LogP contribution in [0.15, 0.2) is 30.2 Å². The molecular formula is C9H10O3S2. The van der Waals surface area contributed by atoms with Gasteiger partial charge in [-0.15, -0.1) is 0 Å². The van der Waals surface area contributed by atoms with Crippen LogP contribution >= 0.6 is 25.8 Å². The number of hydrogen-bond donors (Lipinski definition) is 2. The van der Waals surface area contributed by atoms with Crippen molar-refractivity contribution < 1.29 is 13.1 Å². The second-order valence-corrected chi connectivity index (χ2v) is 2.78. The lowest BCUT2D eigenvalue weighted by atomic mass is 10.2. The minimum Gasteiger partial charge on any atom is -0.497 e. The topological polar surface area (TPSA) is 27.7 Å². The zero-order valence-electron chi connectivity index (χ0n) is 7.51. The molecule has 0 saturated carbocycles. The molecule has 0 aliphatic rings. The van der Waals surface area contributed by atoms with Crippen LogP contribution in [-0.4, -0.2) is 7.11 Å². The average molecular weight is 230 g/mol. The van der Waals surface area contributed by atoms with Gasteiger partial charge < -0.3 is 13.1 Å². The number of hydrogen-bond acceptors (Lipinski definition) is 5. The normalized spacial score (nSPS) is 9.07. The second-order valence-electron chi connectivity index (χ2n) is 2.42. The molecule has 76 valence electrons. The number of rotatable bonds is 4. The molecule has 1 rings (SSSR count). The Labute approximate surface area is 93.9 Å². The van der Waals surface area contributed by atoms with Crippen LogP contribution < -0.4 is 4.74 Å². The molecule has 0 N–H and O–H groups in total. The highest BCUT2D eigenvalue weighted by molar-refractivity contribution is 7.75. The molecular weight excluding hydrogens is 220 g/mol. The molecule has 0 spiro atoms. The molecule has 0 unspecified atom stereocenters. The zero-order chi connectivity index (χ0) is 10.4. The van der Waals surface area contributed by atoms with Gasteiger partial charge in [0.05, 0.1) is 7.11 Å². The van der Waals surface area contributed by atoms with Crippen LogP contribution in [0.5, 0.6) is 5.75 Å². The quantitative estimate of drug-likeness (QED) is 0.473. The van der Waals surface area contributed by atoms with Crippen molar-refractivity contribution in [1.82, 2.24) is 0 Å². The van der Waals surface area contributed by atoms with E-state index in [4.69, 9.17) is 4.74 Å². The predicted octanol–water partition coefficient (Wildman–Crippen LogP) is 2.72. The summed E-state index contributed by atoms with van der Waals surface area (Å²) in [5.41, 5.74) is 0.906. The lowest BCUT2D eigenvalue weighted by Gasteiger charge is -2.01. The van der Waals surface area contributed by atoms with Crippen molar-refractivity contribution in [2.75, 3.05) is 7.11 Å². The average Bonchev–Trinajstić information content (AvgIpc) is 2.26. The molecule has 0 amide bonds. The van der Waals surface area contributed by atoms with Gasteiger partial charge in [-0.1, -0.05) is 12.1 Å². The summed E-state index contributed by atoms with van der Waals surface area (Å²) in [5.74, 6) is 1.00. The van der Waals surface area contributed by atoms with E-state index in [0.29, 0.717) is 0 Å². The number of benzene rings is 1. The van der Waals surface area contributed by atoms with E-state index in [0.717, 1.165) is 11.3 Å². The Hall–Kier alpha value is -0.940. The summed E-state index contributed by atoms with van der Waals surface area (Å²) in [4.78, 5) is 0. The fourth-order valence-electron chi connectivity index (χ4n) is 0.906. The summed E-state index contributed by atoms with van der Waals surface area (Å²) >= 11 is 7.20. The van der Waals surface area contributed by atoms with E-state index >= 15 is 0 Å². The van der Waals surface area contributed by atoms with Gasteiger partial charge in [-0.05, 0) is 17.7 Å². The number of methoxy groups -OCH3 is 1. The van der Waals surface area contributed by atoms with Crippen molar-refractivity contribution in [2.45, 2.75) is 0 Å². The first-order valence-electron chi connectivity index (χ1n) is 3.78. The SMILES string of the molecule is COc1ccc(C=C(OS)OS)cc1. The van der Waals surface area contributed by atoms with Crippen molar-refractivity contribution in [3.8, 4) is 5.75 Å². The summed E-state index contributed by atoms with van der Waals surface area (Å²) in [6, 6.07) is 7.39. The minimum atomic E-state index is 0.210. The van der Waals surface area contributed by atoms with Crippen LogP contribution in [0.1, 0.15) is 5.56 Å². The molecule has 1 aromatic carbocycles. The van der Waals surface area contributed by atoms with Gasteiger partial charge in [0.25, 0.3) is 0 Å². The van der Waals surface area contributed by atoms with E-state index in [1.807, 2.05) is 24.3 Å². The highest BCUT2D eigenvalue weighted by Crippen LogP contribution is 2.15. The maximum atomic E-state index is 5.01. The minimum absolute atomic E-state index is 0.210. The molecule has 0 aliphatic heterocycles. The van der Waals surface area contributed by atoms with Gasteiger partial charge in [-0.2, -0.15) is 0 Å². The smallest absolute Gasteiger partial charge is 0.304 e. The van der Waals surface area contributed by atoms with Crippen molar-refractivity contribution in [2.24, 2.45) is 0 Å². The third-order valence-corrected chi connectivity index (χ3v) is 1.94. The zero-order valence-corrected chi connectivity index (χ0v) is 9.29. The third-order valence-electron chi connectivity index (χ3n) is 1.58. The van der Waals surface area contributed by atoms with Gasteiger partial charge in [0.15, 0.2) is 0 Å². The second kappa shape index (κ2) is 5.72. The van der Waals surface area contributed by atoms with Gasteiger partial charge >= 0.3 is 5.95 Å². The van der Waals surface area contributed by atoms with E-state index in [-0.39, 0.29) is 5.95 Å². The summed E-state index contributed by atoms with van der Waals surface area (Å²) < 4.78 is 14.2. The van der Waals surface area contributed by atoms with Crippen LogP contribution in [-0.2, 0) is 8.37 Å². The molecule has 14 heavy (non-hydrogen) atoms. The van der Waals surface area contributed by atoms with Crippen LogP contribution in [0.3, 0.4) is 0 Å². The summed E-state index contributed by atoms with van der Waals surface area (Å²) in [5, 5.41) is 0. The molecule has 0 radical (unpaired) electrons. The first-order valence-corrected chi connectivity index (χ1v) is 4.51. The van der Waals surface area contributed by atoms with Crippen molar-refractivity contribution in [1.29, 1.82) is 0 Å². The molecule has 1 aromatic rings. The van der Waals surface area contributed by atoms with Crippen molar-refractivity contribution in [3.63, 3.8) is 0 Å². The van der Waals surface area contributed by atoms with Gasteiger partial charge in [-0.3, -0.25) is 0 Å². The Morgan fingerprint density at radius 2 is 1.71 bits per heavy atom. The molecule has 5 heteroatoms. The Bertz CT molecular complexity index is 302. The van der Waals surface area contributed by atoms with Crippen LogP contribution in [0, 0.1) is 0 Å². The molecule has 3 nitrogen and oxygen atoms in total. The summed E-state index contributed by atoms with van der Waals surface area (Å²) in [7, 11) is 1.62. The Balaban J connectivity index is 2.81. The van der Waals surface area contributed by atoms with E-state index in [9.17, 15) is 0 Å². The summed E-state index contributed by atoms with van der Waals surface area (Å²) in [6.45, 7) is 0. The molecule has 0 aromatic heterocycles. The molecule has 0 atom stereocenters. The van der Waals surface area contributed by atoms with Crippen LogP contribution in [0.2, 0.25) is 0 Å². The molecule has 0 bridgehead atoms. The standard InChI is InChI=1S/C9H10O3S2/c1-10-8-4-2-7(3-5-8)6-9(11-13)12-14/h2-6,13-14H,1H3. The highest BCUT2D eigenvalue weighted by atomic mass is 32.1. The fraction of sp³-hybridized carbons (Fsp3) is 0.111.